The molecule has 1 aliphatic rings. The average molecular weight is 459 g/mol. The van der Waals surface area contributed by atoms with Crippen molar-refractivity contribution in [2.24, 2.45) is 5.92 Å². The van der Waals surface area contributed by atoms with Gasteiger partial charge in [0.2, 0.25) is 5.91 Å². The molecule has 7 heteroatoms. The van der Waals surface area contributed by atoms with Crippen molar-refractivity contribution >= 4 is 23.4 Å². The predicted molar refractivity (Wildman–Crippen MR) is 125 cm³/mol. The van der Waals surface area contributed by atoms with Crippen LogP contribution in [-0.4, -0.2) is 44.7 Å². The number of rotatable bonds is 8. The van der Waals surface area contributed by atoms with Crippen molar-refractivity contribution in [1.29, 1.82) is 0 Å². The highest BCUT2D eigenvalue weighted by Crippen LogP contribution is 2.35. The minimum atomic E-state index is -0.647. The summed E-state index contributed by atoms with van der Waals surface area (Å²) in [7, 11) is 1.64. The summed E-state index contributed by atoms with van der Waals surface area (Å²) in [6.45, 7) is 5.59. The highest BCUT2D eigenvalue weighted by Gasteiger charge is 2.36. The lowest BCUT2D eigenvalue weighted by molar-refractivity contribution is -0.124. The van der Waals surface area contributed by atoms with E-state index in [1.54, 1.807) is 31.4 Å². The molecule has 0 bridgehead atoms. The van der Waals surface area contributed by atoms with Crippen LogP contribution >= 0.6 is 11.6 Å². The number of benzene rings is 2. The molecule has 1 fully saturated rings. The Morgan fingerprint density at radius 2 is 1.69 bits per heavy atom. The molecule has 0 spiro atoms. The van der Waals surface area contributed by atoms with E-state index in [-0.39, 0.29) is 23.1 Å². The summed E-state index contributed by atoms with van der Waals surface area (Å²) in [6.07, 6.45) is 1.62. The topological polar surface area (TPSA) is 76.7 Å². The second kappa shape index (κ2) is 10.8. The fourth-order valence-corrected chi connectivity index (χ4v) is 4.13. The minimum Gasteiger partial charge on any atom is -0.497 e. The van der Waals surface area contributed by atoms with Gasteiger partial charge >= 0.3 is 0 Å². The summed E-state index contributed by atoms with van der Waals surface area (Å²) >= 11 is 5.91. The van der Waals surface area contributed by atoms with E-state index in [0.717, 1.165) is 24.2 Å². The molecule has 0 aromatic heterocycles. The molecule has 1 aliphatic heterocycles. The molecule has 32 heavy (non-hydrogen) atoms. The van der Waals surface area contributed by atoms with Crippen molar-refractivity contribution in [1.82, 2.24) is 10.6 Å². The van der Waals surface area contributed by atoms with Gasteiger partial charge in [0.15, 0.2) is 0 Å². The second-order valence-corrected chi connectivity index (χ2v) is 8.98. The summed E-state index contributed by atoms with van der Waals surface area (Å²) in [6, 6.07) is 14.0. The van der Waals surface area contributed by atoms with Gasteiger partial charge in [-0.3, -0.25) is 9.59 Å². The van der Waals surface area contributed by atoms with E-state index in [1.807, 2.05) is 26.0 Å². The number of carbonyl (C=O) groups is 2. The number of nitrogens with one attached hydrogen (secondary N) is 2. The molecule has 172 valence electrons. The lowest BCUT2D eigenvalue weighted by Gasteiger charge is -2.38. The Kier molecular flexibility index (Phi) is 8.15. The summed E-state index contributed by atoms with van der Waals surface area (Å²) in [5.41, 5.74) is 1.39. The lowest BCUT2D eigenvalue weighted by Crippen LogP contribution is -2.53. The van der Waals surface area contributed by atoms with E-state index in [4.69, 9.17) is 21.1 Å². The van der Waals surface area contributed by atoms with Crippen molar-refractivity contribution in [3.63, 3.8) is 0 Å². The maximum Gasteiger partial charge on any atom is 0.251 e. The highest BCUT2D eigenvalue weighted by atomic mass is 35.5. The SMILES string of the molecule is COc1ccc(C2(CNC(=O)C(NC(=O)c3ccc(Cl)cc3)C(C)C)CCOCC2)cc1. The summed E-state index contributed by atoms with van der Waals surface area (Å²) in [4.78, 5) is 25.8. The molecule has 6 nitrogen and oxygen atoms in total. The highest BCUT2D eigenvalue weighted by molar-refractivity contribution is 6.30. The first kappa shape index (κ1) is 24.1. The maximum atomic E-state index is 13.1. The molecule has 1 saturated heterocycles. The van der Waals surface area contributed by atoms with Crippen LogP contribution in [0.5, 0.6) is 5.75 Å². The number of halogens is 1. The monoisotopic (exact) mass is 458 g/mol. The van der Waals surface area contributed by atoms with Gasteiger partial charge in [-0.05, 0) is 60.7 Å². The molecule has 2 aromatic rings. The van der Waals surface area contributed by atoms with Gasteiger partial charge in [-0.2, -0.15) is 0 Å². The third kappa shape index (κ3) is 5.81. The zero-order chi connectivity index (χ0) is 23.1. The minimum absolute atomic E-state index is 0.0714. The zero-order valence-electron chi connectivity index (χ0n) is 18.8. The molecule has 0 aliphatic carbocycles. The van der Waals surface area contributed by atoms with E-state index in [9.17, 15) is 9.59 Å². The third-order valence-electron chi connectivity index (χ3n) is 6.10. The molecule has 1 unspecified atom stereocenters. The Labute approximate surface area is 194 Å². The number of hydrogen-bond donors (Lipinski definition) is 2. The Hall–Kier alpha value is -2.57. The first-order chi connectivity index (χ1) is 15.3. The molecular formula is C25H31ClN2O4. The molecular weight excluding hydrogens is 428 g/mol. The van der Waals surface area contributed by atoms with Gasteiger partial charge in [0.05, 0.1) is 7.11 Å². The first-order valence-electron chi connectivity index (χ1n) is 10.9. The van der Waals surface area contributed by atoms with Crippen LogP contribution in [0.4, 0.5) is 0 Å². The second-order valence-electron chi connectivity index (χ2n) is 8.54. The van der Waals surface area contributed by atoms with Gasteiger partial charge in [0, 0.05) is 35.8 Å². The van der Waals surface area contributed by atoms with E-state index >= 15 is 0 Å². The fraction of sp³-hybridized carbons (Fsp3) is 0.440. The van der Waals surface area contributed by atoms with Crippen molar-refractivity contribution in [2.45, 2.75) is 38.1 Å². The number of carbonyl (C=O) groups excluding carboxylic acids is 2. The average Bonchev–Trinajstić information content (AvgIpc) is 2.81. The van der Waals surface area contributed by atoms with Gasteiger partial charge < -0.3 is 20.1 Å². The van der Waals surface area contributed by atoms with Gasteiger partial charge in [0.25, 0.3) is 5.91 Å². The quantitative estimate of drug-likeness (QED) is 0.627. The Bertz CT molecular complexity index is 907. The van der Waals surface area contributed by atoms with Crippen LogP contribution in [0.15, 0.2) is 48.5 Å². The van der Waals surface area contributed by atoms with E-state index in [2.05, 4.69) is 22.8 Å². The fourth-order valence-electron chi connectivity index (χ4n) is 4.00. The number of methoxy groups -OCH3 is 1. The van der Waals surface area contributed by atoms with Crippen LogP contribution < -0.4 is 15.4 Å². The van der Waals surface area contributed by atoms with Crippen LogP contribution in [0.3, 0.4) is 0 Å². The summed E-state index contributed by atoms with van der Waals surface area (Å²) < 4.78 is 10.9. The number of ether oxygens (including phenoxy) is 2. The molecule has 2 N–H and O–H groups in total. The molecule has 0 saturated carbocycles. The molecule has 1 heterocycles. The Morgan fingerprint density at radius 3 is 2.25 bits per heavy atom. The molecule has 0 radical (unpaired) electrons. The molecule has 1 atom stereocenters. The van der Waals surface area contributed by atoms with Crippen molar-refractivity contribution in [3.8, 4) is 5.75 Å². The maximum absolute atomic E-state index is 13.1. The molecule has 3 rings (SSSR count). The van der Waals surface area contributed by atoms with Crippen molar-refractivity contribution in [2.75, 3.05) is 26.9 Å². The standard InChI is InChI=1S/C25H31ClN2O4/c1-17(2)22(28-23(29)18-4-8-20(26)9-5-18)24(30)27-16-25(12-14-32-15-13-25)19-6-10-21(31-3)11-7-19/h4-11,17,22H,12-16H2,1-3H3,(H,27,30)(H,28,29). The van der Waals surface area contributed by atoms with Gasteiger partial charge in [-0.1, -0.05) is 37.6 Å². The van der Waals surface area contributed by atoms with Crippen LogP contribution in [0.1, 0.15) is 42.6 Å². The zero-order valence-corrected chi connectivity index (χ0v) is 19.6. The predicted octanol–water partition coefficient (Wildman–Crippen LogP) is 3.97. The van der Waals surface area contributed by atoms with Crippen molar-refractivity contribution < 1.29 is 19.1 Å². The van der Waals surface area contributed by atoms with E-state index < -0.39 is 6.04 Å². The van der Waals surface area contributed by atoms with Gasteiger partial charge in [-0.15, -0.1) is 0 Å². The normalized spacial score (nSPS) is 16.3. The largest absolute Gasteiger partial charge is 0.497 e. The third-order valence-corrected chi connectivity index (χ3v) is 6.35. The van der Waals surface area contributed by atoms with Crippen LogP contribution in [-0.2, 0) is 14.9 Å². The van der Waals surface area contributed by atoms with Gasteiger partial charge in [-0.25, -0.2) is 0 Å². The Balaban J connectivity index is 1.71. The van der Waals surface area contributed by atoms with Crippen LogP contribution in [0.25, 0.3) is 0 Å². The summed E-state index contributed by atoms with van der Waals surface area (Å²) in [5, 5.41) is 6.53. The smallest absolute Gasteiger partial charge is 0.251 e. The summed E-state index contributed by atoms with van der Waals surface area (Å²) in [5.74, 6) is 0.232. The van der Waals surface area contributed by atoms with Gasteiger partial charge in [0.1, 0.15) is 11.8 Å². The number of amides is 2. The van der Waals surface area contributed by atoms with E-state index in [0.29, 0.717) is 30.3 Å². The van der Waals surface area contributed by atoms with Crippen LogP contribution in [0, 0.1) is 5.92 Å². The Morgan fingerprint density at radius 1 is 1.06 bits per heavy atom. The molecule has 2 aromatic carbocycles. The van der Waals surface area contributed by atoms with Crippen molar-refractivity contribution in [3.05, 3.63) is 64.7 Å². The van der Waals surface area contributed by atoms with E-state index in [1.165, 1.54) is 0 Å². The number of hydrogen-bond acceptors (Lipinski definition) is 4. The first-order valence-corrected chi connectivity index (χ1v) is 11.3. The van der Waals surface area contributed by atoms with Crippen LogP contribution in [0.2, 0.25) is 5.02 Å². The molecule has 2 amide bonds. The lowest BCUT2D eigenvalue weighted by atomic mass is 9.74.